The molecule has 9 nitrogen and oxygen atoms in total. The van der Waals surface area contributed by atoms with Gasteiger partial charge in [0.2, 0.25) is 5.82 Å². The van der Waals surface area contributed by atoms with Gasteiger partial charge in [0.1, 0.15) is 34.9 Å². The number of nitriles is 1. The van der Waals surface area contributed by atoms with E-state index in [0.29, 0.717) is 11.3 Å². The van der Waals surface area contributed by atoms with Crippen LogP contribution in [-0.2, 0) is 10.3 Å². The first-order chi connectivity index (χ1) is 14.2. The van der Waals surface area contributed by atoms with Crippen molar-refractivity contribution in [2.45, 2.75) is 39.3 Å². The molecule has 0 fully saturated rings. The van der Waals surface area contributed by atoms with Gasteiger partial charge in [-0.1, -0.05) is 5.16 Å². The average Bonchev–Trinajstić information content (AvgIpc) is 3.35. The lowest BCUT2D eigenvalue weighted by molar-refractivity contribution is 0.00973. The highest BCUT2D eigenvalue weighted by molar-refractivity contribution is 5.87. The fourth-order valence-electron chi connectivity index (χ4n) is 3.36. The average molecular weight is 410 g/mol. The molecule has 0 radical (unpaired) electrons. The summed E-state index contributed by atoms with van der Waals surface area (Å²) in [6.07, 6.45) is 1.42. The van der Waals surface area contributed by atoms with E-state index in [1.165, 1.54) is 34.5 Å². The summed E-state index contributed by atoms with van der Waals surface area (Å²) in [5.74, 6) is -0.325. The molecule has 0 spiro atoms. The van der Waals surface area contributed by atoms with Crippen molar-refractivity contribution >= 4 is 16.6 Å². The van der Waals surface area contributed by atoms with Gasteiger partial charge in [-0.3, -0.25) is 9.20 Å². The van der Waals surface area contributed by atoms with Crippen molar-refractivity contribution in [2.24, 2.45) is 0 Å². The molecule has 0 aliphatic heterocycles. The first-order valence-corrected chi connectivity index (χ1v) is 9.24. The number of methoxy groups -OCH3 is 1. The highest BCUT2D eigenvalue weighted by Crippen LogP contribution is 2.29. The van der Waals surface area contributed by atoms with E-state index < -0.39 is 17.0 Å². The molecule has 3 heterocycles. The highest BCUT2D eigenvalue weighted by Gasteiger charge is 2.29. The summed E-state index contributed by atoms with van der Waals surface area (Å²) in [6, 6.07) is 4.23. The van der Waals surface area contributed by atoms with Gasteiger partial charge in [0.25, 0.3) is 11.4 Å². The second-order valence-corrected chi connectivity index (χ2v) is 7.62. The summed E-state index contributed by atoms with van der Waals surface area (Å²) in [5, 5.41) is 13.4. The van der Waals surface area contributed by atoms with Crippen LogP contribution in [0.2, 0.25) is 0 Å². The number of hydrogen-bond donors (Lipinski definition) is 0. The SMILES string of the molecule is COC(C)(C)c1noc(-c2ncn3c2c(=O)n(C(C)C)c2c(C#N)c(F)ccc23)n1. The van der Waals surface area contributed by atoms with Crippen LogP contribution in [0.3, 0.4) is 0 Å². The van der Waals surface area contributed by atoms with Crippen LogP contribution in [0.1, 0.15) is 45.1 Å². The minimum Gasteiger partial charge on any atom is -0.371 e. The molecule has 0 saturated carbocycles. The third kappa shape index (κ3) is 2.70. The van der Waals surface area contributed by atoms with Gasteiger partial charge in [-0.05, 0) is 39.8 Å². The van der Waals surface area contributed by atoms with Gasteiger partial charge in [0, 0.05) is 13.2 Å². The van der Waals surface area contributed by atoms with E-state index in [9.17, 15) is 14.4 Å². The molecule has 0 amide bonds. The number of halogens is 1. The van der Waals surface area contributed by atoms with Crippen LogP contribution in [-0.4, -0.2) is 31.2 Å². The first-order valence-electron chi connectivity index (χ1n) is 9.24. The number of aromatic nitrogens is 5. The van der Waals surface area contributed by atoms with E-state index in [2.05, 4.69) is 15.1 Å². The van der Waals surface area contributed by atoms with Gasteiger partial charge in [-0.25, -0.2) is 9.37 Å². The van der Waals surface area contributed by atoms with Crippen LogP contribution >= 0.6 is 0 Å². The lowest BCUT2D eigenvalue weighted by Gasteiger charge is -2.17. The van der Waals surface area contributed by atoms with Crippen molar-refractivity contribution in [3.63, 3.8) is 0 Å². The Balaban J connectivity index is 2.10. The van der Waals surface area contributed by atoms with Crippen molar-refractivity contribution < 1.29 is 13.7 Å². The van der Waals surface area contributed by atoms with Crippen molar-refractivity contribution in [2.75, 3.05) is 7.11 Å². The van der Waals surface area contributed by atoms with Crippen LogP contribution in [0.5, 0.6) is 0 Å². The van der Waals surface area contributed by atoms with Gasteiger partial charge < -0.3 is 13.8 Å². The predicted octanol–water partition coefficient (Wildman–Crippen LogP) is 3.17. The van der Waals surface area contributed by atoms with Crippen LogP contribution in [0, 0.1) is 17.1 Å². The molecule has 4 rings (SSSR count). The Bertz CT molecular complexity index is 1390. The van der Waals surface area contributed by atoms with E-state index in [4.69, 9.17) is 9.26 Å². The topological polar surface area (TPSA) is 111 Å². The minimum absolute atomic E-state index is 0.0620. The van der Waals surface area contributed by atoms with E-state index in [1.807, 2.05) is 6.07 Å². The number of rotatable bonds is 4. The molecule has 0 aliphatic rings. The molecular formula is C20H19FN6O3. The number of imidazole rings is 1. The Labute approximate surface area is 170 Å². The quantitative estimate of drug-likeness (QED) is 0.508. The summed E-state index contributed by atoms with van der Waals surface area (Å²) in [5.41, 5.74) is -0.369. The molecule has 3 aromatic heterocycles. The van der Waals surface area contributed by atoms with E-state index in [1.54, 1.807) is 27.7 Å². The summed E-state index contributed by atoms with van der Waals surface area (Å²) < 4.78 is 27.9. The Morgan fingerprint density at radius 1 is 1.30 bits per heavy atom. The van der Waals surface area contributed by atoms with Crippen LogP contribution in [0.4, 0.5) is 4.39 Å². The van der Waals surface area contributed by atoms with Gasteiger partial charge in [0.05, 0.1) is 11.0 Å². The summed E-state index contributed by atoms with van der Waals surface area (Å²) >= 11 is 0. The lowest BCUT2D eigenvalue weighted by atomic mass is 10.1. The van der Waals surface area contributed by atoms with Gasteiger partial charge in [-0.2, -0.15) is 10.2 Å². The third-order valence-electron chi connectivity index (χ3n) is 5.10. The monoisotopic (exact) mass is 410 g/mol. The van der Waals surface area contributed by atoms with E-state index >= 15 is 0 Å². The van der Waals surface area contributed by atoms with Gasteiger partial charge in [-0.15, -0.1) is 0 Å². The standard InChI is InChI=1S/C20H19FN6O3/c1-10(2)27-15-11(8-22)12(21)6-7-13(15)26-9-23-14(16(26)18(27)28)17-24-19(25-30-17)20(3,4)29-5/h6-7,9-10H,1-5H3. The Morgan fingerprint density at radius 3 is 2.67 bits per heavy atom. The molecule has 0 unspecified atom stereocenters. The van der Waals surface area contributed by atoms with Crippen molar-refractivity contribution in [3.8, 4) is 17.7 Å². The number of nitrogens with zero attached hydrogens (tertiary/aromatic N) is 6. The maximum atomic E-state index is 14.3. The first kappa shape index (κ1) is 19.7. The second-order valence-electron chi connectivity index (χ2n) is 7.62. The molecular weight excluding hydrogens is 391 g/mol. The largest absolute Gasteiger partial charge is 0.371 e. The fraction of sp³-hybridized carbons (Fsp3) is 0.350. The molecule has 0 saturated heterocycles. The molecule has 0 bridgehead atoms. The molecule has 0 atom stereocenters. The van der Waals surface area contributed by atoms with Crippen LogP contribution in [0.15, 0.2) is 27.8 Å². The molecule has 0 N–H and O–H groups in total. The Hall–Kier alpha value is -3.58. The molecule has 10 heteroatoms. The zero-order valence-electron chi connectivity index (χ0n) is 17.1. The molecule has 1 aromatic carbocycles. The van der Waals surface area contributed by atoms with Crippen molar-refractivity contribution in [1.82, 2.24) is 24.1 Å². The smallest absolute Gasteiger partial charge is 0.279 e. The molecule has 30 heavy (non-hydrogen) atoms. The summed E-state index contributed by atoms with van der Waals surface area (Å²) in [4.78, 5) is 22.1. The maximum absolute atomic E-state index is 14.3. The fourth-order valence-corrected chi connectivity index (χ4v) is 3.36. The molecule has 4 aromatic rings. The molecule has 154 valence electrons. The van der Waals surface area contributed by atoms with Crippen LogP contribution < -0.4 is 5.56 Å². The minimum atomic E-state index is -0.790. The van der Waals surface area contributed by atoms with Crippen molar-refractivity contribution in [1.29, 1.82) is 5.26 Å². The van der Waals surface area contributed by atoms with E-state index in [-0.39, 0.29) is 34.2 Å². The Kier molecular flexibility index (Phi) is 4.43. The number of hydrogen-bond acceptors (Lipinski definition) is 7. The van der Waals surface area contributed by atoms with E-state index in [0.717, 1.165) is 0 Å². The zero-order valence-corrected chi connectivity index (χ0v) is 17.1. The summed E-state index contributed by atoms with van der Waals surface area (Å²) in [6.45, 7) is 7.13. The highest BCUT2D eigenvalue weighted by atomic mass is 19.1. The third-order valence-corrected chi connectivity index (χ3v) is 5.10. The second kappa shape index (κ2) is 6.74. The summed E-state index contributed by atoms with van der Waals surface area (Å²) in [7, 11) is 1.53. The molecule has 0 aliphatic carbocycles. The number of ether oxygens (including phenoxy) is 1. The van der Waals surface area contributed by atoms with Gasteiger partial charge in [0.15, 0.2) is 5.69 Å². The Morgan fingerprint density at radius 2 is 2.03 bits per heavy atom. The normalized spacial score (nSPS) is 12.2. The zero-order chi connectivity index (χ0) is 21.8. The van der Waals surface area contributed by atoms with Crippen molar-refractivity contribution in [3.05, 3.63) is 46.0 Å². The predicted molar refractivity (Wildman–Crippen MR) is 105 cm³/mol. The number of benzene rings is 1. The van der Waals surface area contributed by atoms with Gasteiger partial charge >= 0.3 is 0 Å². The maximum Gasteiger partial charge on any atom is 0.279 e. The number of fused-ring (bicyclic) bond motifs is 3. The van der Waals surface area contributed by atoms with Crippen LogP contribution in [0.25, 0.3) is 28.1 Å². The lowest BCUT2D eigenvalue weighted by Crippen LogP contribution is -2.25.